The Balaban J connectivity index is 3.87. The Hall–Kier alpha value is -0.110. The molecule has 96 valence electrons. The Morgan fingerprint density at radius 1 is 1.00 bits per heavy atom. The topological polar surface area (TPSA) is 35.5 Å². The van der Waals surface area contributed by atoms with Crippen LogP contribution in [0.4, 0.5) is 0 Å². The highest BCUT2D eigenvalue weighted by molar-refractivity contribution is 7.54. The van der Waals surface area contributed by atoms with Crippen molar-refractivity contribution >= 4 is 7.60 Å². The Morgan fingerprint density at radius 3 is 2.12 bits per heavy atom. The molecule has 0 radical (unpaired) electrons. The van der Waals surface area contributed by atoms with Crippen LogP contribution in [0.1, 0.15) is 46.5 Å². The minimum atomic E-state index is -2.86. The third kappa shape index (κ3) is 8.09. The average Bonchev–Trinajstić information content (AvgIpc) is 2.24. The van der Waals surface area contributed by atoms with Crippen LogP contribution in [-0.4, -0.2) is 19.4 Å². The summed E-state index contributed by atoms with van der Waals surface area (Å²) in [5.41, 5.74) is 0. The van der Waals surface area contributed by atoms with Crippen molar-refractivity contribution in [2.24, 2.45) is 0 Å². The van der Waals surface area contributed by atoms with E-state index in [1.165, 1.54) is 19.3 Å². The van der Waals surface area contributed by atoms with Gasteiger partial charge in [-0.3, -0.25) is 4.57 Å². The Morgan fingerprint density at radius 2 is 1.62 bits per heavy atom. The molecular formula is C12H25O3P. The SMILES string of the molecule is CCCCC/C=C/CP(=O)(OCC)OCC. The molecule has 0 unspecified atom stereocenters. The van der Waals surface area contributed by atoms with E-state index in [2.05, 4.69) is 13.0 Å². The van der Waals surface area contributed by atoms with E-state index in [1.807, 2.05) is 19.9 Å². The second-order valence-corrected chi connectivity index (χ2v) is 5.70. The van der Waals surface area contributed by atoms with Crippen molar-refractivity contribution in [3.05, 3.63) is 12.2 Å². The maximum absolute atomic E-state index is 12.0. The zero-order valence-corrected chi connectivity index (χ0v) is 11.7. The summed E-state index contributed by atoms with van der Waals surface area (Å²) < 4.78 is 22.4. The molecule has 3 nitrogen and oxygen atoms in total. The Kier molecular flexibility index (Phi) is 10.0. The Labute approximate surface area is 99.8 Å². The molecule has 0 aromatic rings. The van der Waals surface area contributed by atoms with Gasteiger partial charge in [0.05, 0.1) is 19.4 Å². The maximum atomic E-state index is 12.0. The molecule has 0 amide bonds. The van der Waals surface area contributed by atoms with Crippen molar-refractivity contribution in [2.45, 2.75) is 46.5 Å². The lowest BCUT2D eigenvalue weighted by Crippen LogP contribution is -1.98. The van der Waals surface area contributed by atoms with Crippen molar-refractivity contribution in [3.8, 4) is 0 Å². The minimum Gasteiger partial charge on any atom is -0.309 e. The van der Waals surface area contributed by atoms with Crippen molar-refractivity contribution in [3.63, 3.8) is 0 Å². The summed E-state index contributed by atoms with van der Waals surface area (Å²) in [4.78, 5) is 0. The van der Waals surface area contributed by atoms with Gasteiger partial charge in [0.1, 0.15) is 0 Å². The monoisotopic (exact) mass is 248 g/mol. The molecule has 0 aromatic heterocycles. The van der Waals surface area contributed by atoms with Crippen molar-refractivity contribution < 1.29 is 13.6 Å². The fourth-order valence-corrected chi connectivity index (χ4v) is 2.85. The lowest BCUT2D eigenvalue weighted by molar-refractivity contribution is 0.222. The van der Waals surface area contributed by atoms with Crippen LogP contribution in [0, 0.1) is 0 Å². The molecule has 0 aromatic carbocycles. The number of hydrogen-bond acceptors (Lipinski definition) is 3. The zero-order chi connectivity index (χ0) is 12.3. The number of unbranched alkanes of at least 4 members (excludes halogenated alkanes) is 3. The van der Waals surface area contributed by atoms with Gasteiger partial charge < -0.3 is 9.05 Å². The maximum Gasteiger partial charge on any atom is 0.334 e. The van der Waals surface area contributed by atoms with Crippen molar-refractivity contribution in [1.29, 1.82) is 0 Å². The van der Waals surface area contributed by atoms with E-state index in [9.17, 15) is 4.57 Å². The first-order valence-corrected chi connectivity index (χ1v) is 7.94. The molecule has 0 aliphatic carbocycles. The fraction of sp³-hybridized carbons (Fsp3) is 0.833. The lowest BCUT2D eigenvalue weighted by Gasteiger charge is -2.14. The molecule has 0 fully saturated rings. The van der Waals surface area contributed by atoms with Crippen LogP contribution < -0.4 is 0 Å². The molecule has 0 spiro atoms. The first-order chi connectivity index (χ1) is 7.68. The highest BCUT2D eigenvalue weighted by Crippen LogP contribution is 2.47. The molecule has 0 rings (SSSR count). The van der Waals surface area contributed by atoms with Gasteiger partial charge in [-0.05, 0) is 26.7 Å². The van der Waals surface area contributed by atoms with Gasteiger partial charge in [-0.2, -0.15) is 0 Å². The summed E-state index contributed by atoms with van der Waals surface area (Å²) in [6.07, 6.45) is 9.10. The second-order valence-electron chi connectivity index (χ2n) is 3.60. The lowest BCUT2D eigenvalue weighted by atomic mass is 10.2. The van der Waals surface area contributed by atoms with Crippen LogP contribution >= 0.6 is 7.60 Å². The molecule has 0 saturated heterocycles. The van der Waals surface area contributed by atoms with E-state index >= 15 is 0 Å². The smallest absolute Gasteiger partial charge is 0.309 e. The summed E-state index contributed by atoms with van der Waals surface area (Å²) in [5, 5.41) is 0. The summed E-state index contributed by atoms with van der Waals surface area (Å²) >= 11 is 0. The molecule has 0 atom stereocenters. The summed E-state index contributed by atoms with van der Waals surface area (Å²) in [5.74, 6) is 0. The van der Waals surface area contributed by atoms with E-state index in [0.29, 0.717) is 19.4 Å². The van der Waals surface area contributed by atoms with Gasteiger partial charge in [-0.1, -0.05) is 31.9 Å². The molecule has 16 heavy (non-hydrogen) atoms. The number of hydrogen-bond donors (Lipinski definition) is 0. The first kappa shape index (κ1) is 15.9. The van der Waals surface area contributed by atoms with Crippen molar-refractivity contribution in [2.75, 3.05) is 19.4 Å². The normalized spacial score (nSPS) is 12.4. The second kappa shape index (κ2) is 10.1. The van der Waals surface area contributed by atoms with Crippen LogP contribution in [0.5, 0.6) is 0 Å². The first-order valence-electron chi connectivity index (χ1n) is 6.21. The molecule has 0 saturated carbocycles. The van der Waals surface area contributed by atoms with Crippen LogP contribution in [0.25, 0.3) is 0 Å². The predicted octanol–water partition coefficient (Wildman–Crippen LogP) is 4.39. The summed E-state index contributed by atoms with van der Waals surface area (Å²) in [6, 6.07) is 0. The molecule has 0 N–H and O–H groups in total. The van der Waals surface area contributed by atoms with Crippen LogP contribution in [0.15, 0.2) is 12.2 Å². The van der Waals surface area contributed by atoms with E-state index in [4.69, 9.17) is 9.05 Å². The van der Waals surface area contributed by atoms with Gasteiger partial charge >= 0.3 is 7.60 Å². The van der Waals surface area contributed by atoms with Gasteiger partial charge in [-0.25, -0.2) is 0 Å². The Bertz CT molecular complexity index is 216. The van der Waals surface area contributed by atoms with Gasteiger partial charge in [0.2, 0.25) is 0 Å². The standard InChI is InChI=1S/C12H25O3P/c1-4-7-8-9-10-11-12-16(13,14-5-2)15-6-3/h10-11H,4-9,12H2,1-3H3/b11-10+. The number of allylic oxidation sites excluding steroid dienone is 2. The minimum absolute atomic E-state index is 0.390. The molecule has 0 bridgehead atoms. The highest BCUT2D eigenvalue weighted by atomic mass is 31.2. The van der Waals surface area contributed by atoms with Crippen LogP contribution in [0.3, 0.4) is 0 Å². The van der Waals surface area contributed by atoms with Gasteiger partial charge in [-0.15, -0.1) is 0 Å². The fourth-order valence-electron chi connectivity index (χ4n) is 1.37. The van der Waals surface area contributed by atoms with E-state index < -0.39 is 7.60 Å². The molecule has 4 heteroatoms. The third-order valence-electron chi connectivity index (χ3n) is 2.12. The highest BCUT2D eigenvalue weighted by Gasteiger charge is 2.20. The zero-order valence-electron chi connectivity index (χ0n) is 10.8. The van der Waals surface area contributed by atoms with Gasteiger partial charge in [0.15, 0.2) is 0 Å². The molecule has 0 aliphatic heterocycles. The van der Waals surface area contributed by atoms with Gasteiger partial charge in [0.25, 0.3) is 0 Å². The van der Waals surface area contributed by atoms with Crippen LogP contribution in [-0.2, 0) is 13.6 Å². The van der Waals surface area contributed by atoms with E-state index in [-0.39, 0.29) is 0 Å². The quantitative estimate of drug-likeness (QED) is 0.327. The average molecular weight is 248 g/mol. The summed E-state index contributed by atoms with van der Waals surface area (Å²) in [7, 11) is -2.86. The molecular weight excluding hydrogens is 223 g/mol. The summed E-state index contributed by atoms with van der Waals surface area (Å²) in [6.45, 7) is 6.71. The van der Waals surface area contributed by atoms with E-state index in [1.54, 1.807) is 0 Å². The molecule has 0 aliphatic rings. The number of rotatable bonds is 10. The van der Waals surface area contributed by atoms with Crippen LogP contribution in [0.2, 0.25) is 0 Å². The van der Waals surface area contributed by atoms with E-state index in [0.717, 1.165) is 6.42 Å². The van der Waals surface area contributed by atoms with Gasteiger partial charge in [0, 0.05) is 0 Å². The predicted molar refractivity (Wildman–Crippen MR) is 69.0 cm³/mol. The molecule has 0 heterocycles. The van der Waals surface area contributed by atoms with Crippen molar-refractivity contribution in [1.82, 2.24) is 0 Å². The third-order valence-corrected chi connectivity index (χ3v) is 4.08. The largest absolute Gasteiger partial charge is 0.334 e.